The molecular formula is C24H31ClN4O4. The molecule has 0 spiro atoms. The predicted molar refractivity (Wildman–Crippen MR) is 130 cm³/mol. The SMILES string of the molecule is CO[C@@H]1CN(C)C(=O)c2cc(NC(=O)Nc3cccc(Cl)c3)ccc2OC[C@H](C)NC[C@H]1C. The van der Waals surface area contributed by atoms with E-state index >= 15 is 0 Å². The Morgan fingerprint density at radius 2 is 1.91 bits per heavy atom. The Labute approximate surface area is 199 Å². The van der Waals surface area contributed by atoms with E-state index in [9.17, 15) is 9.59 Å². The summed E-state index contributed by atoms with van der Waals surface area (Å²) in [5, 5.41) is 9.46. The number of ether oxygens (including phenoxy) is 2. The highest BCUT2D eigenvalue weighted by molar-refractivity contribution is 6.30. The van der Waals surface area contributed by atoms with Gasteiger partial charge in [-0.1, -0.05) is 24.6 Å². The summed E-state index contributed by atoms with van der Waals surface area (Å²) in [5.74, 6) is 0.456. The molecular weight excluding hydrogens is 444 g/mol. The quantitative estimate of drug-likeness (QED) is 0.623. The first-order chi connectivity index (χ1) is 15.8. The van der Waals surface area contributed by atoms with Crippen molar-refractivity contribution in [3.05, 3.63) is 53.1 Å². The minimum Gasteiger partial charge on any atom is -0.491 e. The van der Waals surface area contributed by atoms with Gasteiger partial charge in [0.2, 0.25) is 0 Å². The molecule has 0 aromatic heterocycles. The van der Waals surface area contributed by atoms with E-state index in [1.807, 2.05) is 6.92 Å². The Morgan fingerprint density at radius 3 is 2.61 bits per heavy atom. The van der Waals surface area contributed by atoms with Gasteiger partial charge in [0.15, 0.2) is 0 Å². The monoisotopic (exact) mass is 474 g/mol. The molecule has 2 aromatic rings. The van der Waals surface area contributed by atoms with Crippen molar-refractivity contribution < 1.29 is 19.1 Å². The highest BCUT2D eigenvalue weighted by Gasteiger charge is 2.25. The smallest absolute Gasteiger partial charge is 0.323 e. The molecule has 3 N–H and O–H groups in total. The normalized spacial score (nSPS) is 21.8. The van der Waals surface area contributed by atoms with Crippen molar-refractivity contribution >= 4 is 34.9 Å². The first kappa shape index (κ1) is 24.8. The van der Waals surface area contributed by atoms with E-state index < -0.39 is 6.03 Å². The Hall–Kier alpha value is -2.81. The van der Waals surface area contributed by atoms with Crippen molar-refractivity contribution in [2.45, 2.75) is 26.0 Å². The third-order valence-electron chi connectivity index (χ3n) is 5.57. The van der Waals surface area contributed by atoms with Crippen LogP contribution >= 0.6 is 11.6 Å². The fraction of sp³-hybridized carbons (Fsp3) is 0.417. The largest absolute Gasteiger partial charge is 0.491 e. The van der Waals surface area contributed by atoms with Gasteiger partial charge in [-0.05, 0) is 49.2 Å². The second kappa shape index (κ2) is 11.4. The average molecular weight is 475 g/mol. The maximum Gasteiger partial charge on any atom is 0.323 e. The lowest BCUT2D eigenvalue weighted by atomic mass is 10.0. The van der Waals surface area contributed by atoms with E-state index in [1.54, 1.807) is 61.5 Å². The zero-order chi connectivity index (χ0) is 24.0. The maximum atomic E-state index is 13.3. The first-order valence-corrected chi connectivity index (χ1v) is 11.3. The number of amides is 3. The molecule has 3 amide bonds. The minimum atomic E-state index is -0.446. The highest BCUT2D eigenvalue weighted by atomic mass is 35.5. The topological polar surface area (TPSA) is 91.9 Å². The van der Waals surface area contributed by atoms with Crippen LogP contribution in [0.3, 0.4) is 0 Å². The molecule has 9 heteroatoms. The number of rotatable bonds is 3. The molecule has 0 saturated heterocycles. The lowest BCUT2D eigenvalue weighted by Crippen LogP contribution is -2.44. The van der Waals surface area contributed by atoms with Gasteiger partial charge in [0, 0.05) is 49.7 Å². The second-order valence-corrected chi connectivity index (χ2v) is 8.79. The summed E-state index contributed by atoms with van der Waals surface area (Å²) in [5.41, 5.74) is 1.40. The Morgan fingerprint density at radius 1 is 1.18 bits per heavy atom. The second-order valence-electron chi connectivity index (χ2n) is 8.36. The van der Waals surface area contributed by atoms with Gasteiger partial charge in [-0.3, -0.25) is 4.79 Å². The third-order valence-corrected chi connectivity index (χ3v) is 5.80. The molecule has 8 nitrogen and oxygen atoms in total. The zero-order valence-corrected chi connectivity index (χ0v) is 20.1. The van der Waals surface area contributed by atoms with Crippen LogP contribution in [0.5, 0.6) is 5.75 Å². The summed E-state index contributed by atoms with van der Waals surface area (Å²) in [4.78, 5) is 27.4. The molecule has 178 valence electrons. The number of nitrogens with zero attached hydrogens (tertiary/aromatic N) is 1. The lowest BCUT2D eigenvalue weighted by molar-refractivity contribution is 0.0281. The maximum absolute atomic E-state index is 13.3. The lowest BCUT2D eigenvalue weighted by Gasteiger charge is -2.30. The third kappa shape index (κ3) is 6.83. The highest BCUT2D eigenvalue weighted by Crippen LogP contribution is 2.26. The minimum absolute atomic E-state index is 0.0892. The number of carbonyl (C=O) groups is 2. The van der Waals surface area contributed by atoms with Crippen molar-refractivity contribution in [2.75, 3.05) is 44.5 Å². The van der Waals surface area contributed by atoms with Gasteiger partial charge in [-0.25, -0.2) is 4.79 Å². The molecule has 0 bridgehead atoms. The molecule has 3 atom stereocenters. The van der Waals surface area contributed by atoms with Crippen LogP contribution < -0.4 is 20.7 Å². The zero-order valence-electron chi connectivity index (χ0n) is 19.4. The van der Waals surface area contributed by atoms with Gasteiger partial charge in [0.1, 0.15) is 12.4 Å². The summed E-state index contributed by atoms with van der Waals surface area (Å²) in [6.07, 6.45) is -0.118. The molecule has 0 fully saturated rings. The number of halogens is 1. The molecule has 2 aromatic carbocycles. The number of likely N-dealkylation sites (N-methyl/N-ethyl adjacent to an activating group) is 1. The van der Waals surface area contributed by atoms with Crippen LogP contribution in [0.1, 0.15) is 24.2 Å². The van der Waals surface area contributed by atoms with Crippen LogP contribution in [0.4, 0.5) is 16.2 Å². The van der Waals surface area contributed by atoms with E-state index in [0.29, 0.717) is 40.9 Å². The Bertz CT molecular complexity index is 987. The summed E-state index contributed by atoms with van der Waals surface area (Å²) in [6.45, 7) is 5.70. The summed E-state index contributed by atoms with van der Waals surface area (Å²) >= 11 is 5.97. The van der Waals surface area contributed by atoms with Crippen molar-refractivity contribution in [3.63, 3.8) is 0 Å². The van der Waals surface area contributed by atoms with Crippen LogP contribution in [0, 0.1) is 5.92 Å². The molecule has 0 saturated carbocycles. The molecule has 0 aliphatic carbocycles. The van der Waals surface area contributed by atoms with Gasteiger partial charge >= 0.3 is 6.03 Å². The van der Waals surface area contributed by atoms with Crippen molar-refractivity contribution in [2.24, 2.45) is 5.92 Å². The molecule has 0 radical (unpaired) electrons. The molecule has 33 heavy (non-hydrogen) atoms. The van der Waals surface area contributed by atoms with Crippen LogP contribution in [0.2, 0.25) is 5.02 Å². The summed E-state index contributed by atoms with van der Waals surface area (Å²) in [6, 6.07) is 11.5. The van der Waals surface area contributed by atoms with E-state index in [1.165, 1.54) is 0 Å². The van der Waals surface area contributed by atoms with Gasteiger partial charge < -0.3 is 30.3 Å². The predicted octanol–water partition coefficient (Wildman–Crippen LogP) is 4.08. The van der Waals surface area contributed by atoms with Crippen molar-refractivity contribution in [1.82, 2.24) is 10.2 Å². The van der Waals surface area contributed by atoms with E-state index in [0.717, 1.165) is 6.54 Å². The van der Waals surface area contributed by atoms with Crippen molar-refractivity contribution in [1.29, 1.82) is 0 Å². The number of methoxy groups -OCH3 is 1. The molecule has 1 heterocycles. The molecule has 1 aliphatic heterocycles. The fourth-order valence-corrected chi connectivity index (χ4v) is 3.79. The van der Waals surface area contributed by atoms with E-state index in [4.69, 9.17) is 21.1 Å². The molecule has 0 unspecified atom stereocenters. The summed E-state index contributed by atoms with van der Waals surface area (Å²) < 4.78 is 11.6. The first-order valence-electron chi connectivity index (χ1n) is 10.9. The number of anilines is 2. The van der Waals surface area contributed by atoms with Gasteiger partial charge in [-0.15, -0.1) is 0 Å². The van der Waals surface area contributed by atoms with Crippen LogP contribution in [0.15, 0.2) is 42.5 Å². The standard InChI is InChI=1S/C24H31ClN4O4/c1-15-12-26-16(2)14-33-21-9-8-19(11-20(21)23(30)29(3)13-22(15)32-4)28-24(31)27-18-7-5-6-17(25)10-18/h5-11,15-16,22,26H,12-14H2,1-4H3,(H2,27,28,31)/t15-,16+,22-/m1/s1. The Balaban J connectivity index is 1.82. The van der Waals surface area contributed by atoms with Crippen LogP contribution in [-0.2, 0) is 4.74 Å². The molecule has 3 rings (SSSR count). The number of hydrogen-bond acceptors (Lipinski definition) is 5. The fourth-order valence-electron chi connectivity index (χ4n) is 3.60. The van der Waals surface area contributed by atoms with Gasteiger partial charge in [0.05, 0.1) is 11.7 Å². The number of urea groups is 1. The number of fused-ring (bicyclic) bond motifs is 1. The van der Waals surface area contributed by atoms with Gasteiger partial charge in [0.25, 0.3) is 5.91 Å². The average Bonchev–Trinajstić information content (AvgIpc) is 2.78. The Kier molecular flexibility index (Phi) is 8.55. The molecule has 1 aliphatic rings. The summed E-state index contributed by atoms with van der Waals surface area (Å²) in [7, 11) is 3.39. The van der Waals surface area contributed by atoms with E-state index in [2.05, 4.69) is 22.9 Å². The van der Waals surface area contributed by atoms with Crippen molar-refractivity contribution in [3.8, 4) is 5.75 Å². The van der Waals surface area contributed by atoms with Gasteiger partial charge in [-0.2, -0.15) is 0 Å². The number of carbonyl (C=O) groups excluding carboxylic acids is 2. The number of benzene rings is 2. The number of hydrogen-bond donors (Lipinski definition) is 3. The number of nitrogens with one attached hydrogen (secondary N) is 3. The van der Waals surface area contributed by atoms with Crippen LogP contribution in [0.25, 0.3) is 0 Å². The van der Waals surface area contributed by atoms with E-state index in [-0.39, 0.29) is 24.0 Å². The van der Waals surface area contributed by atoms with Crippen LogP contribution in [-0.4, -0.2) is 62.8 Å².